The zero-order chi connectivity index (χ0) is 17.3. The maximum absolute atomic E-state index is 5.42. The molecule has 0 radical (unpaired) electrons. The highest BCUT2D eigenvalue weighted by Crippen LogP contribution is 2.34. The topological polar surface area (TPSA) is 21.3 Å². The van der Waals surface area contributed by atoms with Gasteiger partial charge in [-0.15, -0.1) is 12.4 Å². The van der Waals surface area contributed by atoms with E-state index in [1.54, 1.807) is 7.11 Å². The number of benzene rings is 2. The van der Waals surface area contributed by atoms with Gasteiger partial charge in [0, 0.05) is 6.04 Å². The summed E-state index contributed by atoms with van der Waals surface area (Å²) >= 11 is 0. The smallest absolute Gasteiger partial charge is 0.119 e. The Morgan fingerprint density at radius 2 is 1.77 bits per heavy atom. The van der Waals surface area contributed by atoms with E-state index in [9.17, 15) is 0 Å². The molecule has 1 aliphatic carbocycles. The lowest BCUT2D eigenvalue weighted by Crippen LogP contribution is -2.37. The molecule has 1 saturated carbocycles. The molecule has 0 heterocycles. The number of methoxy groups -OCH3 is 1. The summed E-state index contributed by atoms with van der Waals surface area (Å²) < 4.78 is 5.42. The predicted molar refractivity (Wildman–Crippen MR) is 113 cm³/mol. The van der Waals surface area contributed by atoms with Gasteiger partial charge in [0.25, 0.3) is 0 Å². The molecule has 3 rings (SSSR count). The summed E-state index contributed by atoms with van der Waals surface area (Å²) in [7, 11) is 1.75. The summed E-state index contributed by atoms with van der Waals surface area (Å²) in [6, 6.07) is 20.1. The van der Waals surface area contributed by atoms with Crippen LogP contribution in [0, 0.1) is 0 Å². The molecule has 0 spiro atoms. The fourth-order valence-corrected chi connectivity index (χ4v) is 4.03. The molecule has 2 nitrogen and oxygen atoms in total. The van der Waals surface area contributed by atoms with Gasteiger partial charge in [0.05, 0.1) is 7.11 Å². The highest BCUT2D eigenvalue weighted by Gasteiger charge is 2.26. The van der Waals surface area contributed by atoms with Gasteiger partial charge in [-0.3, -0.25) is 0 Å². The number of aryl methyl sites for hydroxylation is 1. The van der Waals surface area contributed by atoms with Gasteiger partial charge in [0.2, 0.25) is 0 Å². The van der Waals surface area contributed by atoms with Crippen molar-refractivity contribution in [3.8, 4) is 5.75 Å². The zero-order valence-corrected chi connectivity index (χ0v) is 16.6. The second-order valence-electron chi connectivity index (χ2n) is 7.17. The standard InChI is InChI=1S/C23H31NO.ClH/c1-25-21-14-9-13-20(18-21)22-15-5-6-16-23(22)24-17-8-7-12-19-10-3-2-4-11-19;/h2-4,9-11,13-14,18,22-24H,5-8,12,15-17H2,1H3;1H. The second kappa shape index (κ2) is 11.3. The van der Waals surface area contributed by atoms with E-state index in [4.69, 9.17) is 4.74 Å². The Morgan fingerprint density at radius 1 is 0.962 bits per heavy atom. The molecule has 1 aliphatic rings. The van der Waals surface area contributed by atoms with Gasteiger partial charge in [-0.25, -0.2) is 0 Å². The lowest BCUT2D eigenvalue weighted by Gasteiger charge is -2.33. The van der Waals surface area contributed by atoms with Gasteiger partial charge in [-0.1, -0.05) is 55.3 Å². The first-order chi connectivity index (χ1) is 12.4. The van der Waals surface area contributed by atoms with Crippen LogP contribution in [0.1, 0.15) is 55.6 Å². The van der Waals surface area contributed by atoms with Crippen LogP contribution < -0.4 is 10.1 Å². The van der Waals surface area contributed by atoms with Crippen molar-refractivity contribution >= 4 is 12.4 Å². The molecule has 26 heavy (non-hydrogen) atoms. The number of nitrogens with one attached hydrogen (secondary N) is 1. The molecule has 1 N–H and O–H groups in total. The second-order valence-corrected chi connectivity index (χ2v) is 7.17. The van der Waals surface area contributed by atoms with Crippen molar-refractivity contribution < 1.29 is 4.74 Å². The van der Waals surface area contributed by atoms with E-state index in [2.05, 4.69) is 53.8 Å². The van der Waals surface area contributed by atoms with Crippen LogP contribution in [0.4, 0.5) is 0 Å². The Labute approximate surface area is 164 Å². The summed E-state index contributed by atoms with van der Waals surface area (Å²) in [4.78, 5) is 0. The molecular weight excluding hydrogens is 342 g/mol. The number of unbranched alkanes of at least 4 members (excludes halogenated alkanes) is 1. The van der Waals surface area contributed by atoms with E-state index in [0.717, 1.165) is 12.3 Å². The van der Waals surface area contributed by atoms with E-state index in [1.165, 1.54) is 56.1 Å². The molecule has 0 aromatic heterocycles. The molecule has 0 saturated heterocycles. The largest absolute Gasteiger partial charge is 0.497 e. The van der Waals surface area contributed by atoms with Crippen LogP contribution in [0.5, 0.6) is 5.75 Å². The molecule has 1 fully saturated rings. The third kappa shape index (κ3) is 6.03. The minimum Gasteiger partial charge on any atom is -0.497 e. The first kappa shape index (κ1) is 20.8. The molecule has 0 amide bonds. The fourth-order valence-electron chi connectivity index (χ4n) is 4.03. The summed E-state index contributed by atoms with van der Waals surface area (Å²) in [6.07, 6.45) is 8.96. The van der Waals surface area contributed by atoms with Crippen molar-refractivity contribution in [1.29, 1.82) is 0 Å². The monoisotopic (exact) mass is 373 g/mol. The molecule has 2 unspecified atom stereocenters. The van der Waals surface area contributed by atoms with E-state index >= 15 is 0 Å². The Kier molecular flexibility index (Phi) is 9.00. The lowest BCUT2D eigenvalue weighted by atomic mass is 9.80. The minimum absolute atomic E-state index is 0. The summed E-state index contributed by atoms with van der Waals surface area (Å²) in [5, 5.41) is 3.85. The maximum atomic E-state index is 5.42. The molecule has 0 aliphatic heterocycles. The third-order valence-corrected chi connectivity index (χ3v) is 5.43. The first-order valence-electron chi connectivity index (χ1n) is 9.78. The Balaban J connectivity index is 0.00000243. The number of halogens is 1. The average molecular weight is 374 g/mol. The number of hydrogen-bond acceptors (Lipinski definition) is 2. The van der Waals surface area contributed by atoms with Crippen molar-refractivity contribution in [1.82, 2.24) is 5.32 Å². The Morgan fingerprint density at radius 3 is 2.58 bits per heavy atom. The number of hydrogen-bond donors (Lipinski definition) is 1. The SMILES string of the molecule is COc1cccc(C2CCCCC2NCCCCc2ccccc2)c1.Cl. The van der Waals surface area contributed by atoms with Crippen LogP contribution in [0.2, 0.25) is 0 Å². The van der Waals surface area contributed by atoms with Gasteiger partial charge >= 0.3 is 0 Å². The van der Waals surface area contributed by atoms with Crippen LogP contribution in [-0.2, 0) is 6.42 Å². The van der Waals surface area contributed by atoms with Gasteiger partial charge in [-0.05, 0) is 67.8 Å². The Hall–Kier alpha value is -1.51. The fraction of sp³-hybridized carbons (Fsp3) is 0.478. The first-order valence-corrected chi connectivity index (χ1v) is 9.78. The zero-order valence-electron chi connectivity index (χ0n) is 15.8. The number of ether oxygens (including phenoxy) is 1. The molecule has 2 aromatic carbocycles. The van der Waals surface area contributed by atoms with Crippen LogP contribution in [0.15, 0.2) is 54.6 Å². The van der Waals surface area contributed by atoms with Crippen molar-refractivity contribution in [2.24, 2.45) is 0 Å². The quantitative estimate of drug-likeness (QED) is 0.594. The summed E-state index contributed by atoms with van der Waals surface area (Å²) in [5.41, 5.74) is 2.88. The lowest BCUT2D eigenvalue weighted by molar-refractivity contribution is 0.325. The van der Waals surface area contributed by atoms with Gasteiger partial charge in [0.15, 0.2) is 0 Å². The molecule has 2 aromatic rings. The Bertz CT molecular complexity index is 631. The molecule has 3 heteroatoms. The van der Waals surface area contributed by atoms with Gasteiger partial charge in [-0.2, -0.15) is 0 Å². The van der Waals surface area contributed by atoms with Gasteiger partial charge in [0.1, 0.15) is 5.75 Å². The highest BCUT2D eigenvalue weighted by atomic mass is 35.5. The third-order valence-electron chi connectivity index (χ3n) is 5.43. The molecule has 0 bridgehead atoms. The van der Waals surface area contributed by atoms with Gasteiger partial charge < -0.3 is 10.1 Å². The molecule has 2 atom stereocenters. The predicted octanol–water partition coefficient (Wildman–Crippen LogP) is 5.76. The van der Waals surface area contributed by atoms with Crippen molar-refractivity contribution in [3.63, 3.8) is 0 Å². The average Bonchev–Trinajstić information content (AvgIpc) is 2.69. The van der Waals surface area contributed by atoms with E-state index < -0.39 is 0 Å². The maximum Gasteiger partial charge on any atom is 0.119 e. The minimum atomic E-state index is 0. The summed E-state index contributed by atoms with van der Waals surface area (Å²) in [6.45, 7) is 1.12. The normalized spacial score (nSPS) is 19.6. The number of rotatable bonds is 8. The molecular formula is C23H32ClNO. The van der Waals surface area contributed by atoms with Crippen LogP contribution in [0.3, 0.4) is 0 Å². The van der Waals surface area contributed by atoms with Crippen molar-refractivity contribution in [2.75, 3.05) is 13.7 Å². The van der Waals surface area contributed by atoms with E-state index in [1.807, 2.05) is 6.07 Å². The van der Waals surface area contributed by atoms with Crippen LogP contribution in [0.25, 0.3) is 0 Å². The molecule has 142 valence electrons. The van der Waals surface area contributed by atoms with Crippen LogP contribution >= 0.6 is 12.4 Å². The summed E-state index contributed by atoms with van der Waals surface area (Å²) in [5.74, 6) is 1.60. The van der Waals surface area contributed by atoms with Crippen molar-refractivity contribution in [3.05, 3.63) is 65.7 Å². The van der Waals surface area contributed by atoms with Crippen LogP contribution in [-0.4, -0.2) is 19.7 Å². The highest BCUT2D eigenvalue weighted by molar-refractivity contribution is 5.85. The van der Waals surface area contributed by atoms with E-state index in [-0.39, 0.29) is 12.4 Å². The van der Waals surface area contributed by atoms with E-state index in [0.29, 0.717) is 12.0 Å². The van der Waals surface area contributed by atoms with Crippen molar-refractivity contribution in [2.45, 2.75) is 56.9 Å².